The Morgan fingerprint density at radius 1 is 0.839 bits per heavy atom. The maximum atomic E-state index is 13.3. The topological polar surface area (TPSA) is 62.8 Å². The van der Waals surface area contributed by atoms with E-state index in [4.69, 9.17) is 0 Å². The smallest absolute Gasteiger partial charge is 0.260 e. The summed E-state index contributed by atoms with van der Waals surface area (Å²) >= 11 is 0. The largest absolute Gasteiger partial charge is 0.321 e. The van der Waals surface area contributed by atoms with Gasteiger partial charge in [-0.25, -0.2) is 0 Å². The molecule has 0 saturated carbocycles. The first-order valence-electron chi connectivity index (χ1n) is 9.99. The van der Waals surface area contributed by atoms with Crippen LogP contribution in [0.2, 0.25) is 0 Å². The fourth-order valence-electron chi connectivity index (χ4n) is 3.89. The Balaban J connectivity index is 1.68. The number of para-hydroxylation sites is 2. The van der Waals surface area contributed by atoms with E-state index in [9.17, 15) is 9.59 Å². The number of fused-ring (bicyclic) bond motifs is 2. The normalized spacial score (nSPS) is 11.4. The number of hydrogen-bond acceptors (Lipinski definition) is 3. The van der Waals surface area contributed by atoms with Gasteiger partial charge in [0, 0.05) is 33.6 Å². The van der Waals surface area contributed by atoms with Crippen LogP contribution in [0.25, 0.3) is 39.0 Å². The second kappa shape index (κ2) is 7.84. The molecule has 5 rings (SSSR count). The number of nitrogens with zero attached hydrogens (tertiary/aromatic N) is 1. The number of aromatic nitrogens is 2. The Kier molecular flexibility index (Phi) is 4.73. The fourth-order valence-corrected chi connectivity index (χ4v) is 3.89. The van der Waals surface area contributed by atoms with Gasteiger partial charge in [0.25, 0.3) is 5.56 Å². The van der Waals surface area contributed by atoms with Crippen molar-refractivity contribution in [1.29, 1.82) is 0 Å². The third kappa shape index (κ3) is 3.45. The van der Waals surface area contributed by atoms with Gasteiger partial charge in [0.05, 0.1) is 11.1 Å². The van der Waals surface area contributed by atoms with E-state index in [0.29, 0.717) is 11.1 Å². The van der Waals surface area contributed by atoms with Gasteiger partial charge in [0.2, 0.25) is 0 Å². The lowest BCUT2D eigenvalue weighted by Crippen LogP contribution is -2.18. The SMILES string of the molecule is O=C(/C=C\c1cccc2cccnc12)c1c(-c2ccccc2)c2ccccc2[nH]c1=O. The van der Waals surface area contributed by atoms with Crippen molar-refractivity contribution in [3.63, 3.8) is 0 Å². The number of carbonyl (C=O) groups excluding carboxylic acids is 1. The molecule has 2 aromatic heterocycles. The van der Waals surface area contributed by atoms with Gasteiger partial charge in [-0.3, -0.25) is 14.6 Å². The van der Waals surface area contributed by atoms with Crippen molar-refractivity contribution >= 4 is 33.7 Å². The minimum absolute atomic E-state index is 0.134. The molecule has 0 spiro atoms. The zero-order valence-corrected chi connectivity index (χ0v) is 16.6. The van der Waals surface area contributed by atoms with Crippen molar-refractivity contribution in [1.82, 2.24) is 9.97 Å². The summed E-state index contributed by atoms with van der Waals surface area (Å²) in [5.41, 5.74) is 3.54. The first kappa shape index (κ1) is 18.7. The second-order valence-electron chi connectivity index (χ2n) is 7.24. The number of ketones is 1. The van der Waals surface area contributed by atoms with E-state index in [1.165, 1.54) is 6.08 Å². The van der Waals surface area contributed by atoms with Crippen molar-refractivity contribution in [3.8, 4) is 11.1 Å². The highest BCUT2D eigenvalue weighted by Crippen LogP contribution is 2.30. The lowest BCUT2D eigenvalue weighted by atomic mass is 9.94. The molecular formula is C27H18N2O2. The van der Waals surface area contributed by atoms with Crippen LogP contribution in [0.3, 0.4) is 0 Å². The molecule has 5 aromatic rings. The number of pyridine rings is 2. The molecule has 0 aliphatic carbocycles. The monoisotopic (exact) mass is 402 g/mol. The van der Waals surface area contributed by atoms with Gasteiger partial charge >= 0.3 is 0 Å². The maximum Gasteiger partial charge on any atom is 0.260 e. The van der Waals surface area contributed by atoms with Crippen LogP contribution in [0.1, 0.15) is 15.9 Å². The number of allylic oxidation sites excluding steroid dienone is 1. The third-order valence-corrected chi connectivity index (χ3v) is 5.31. The molecule has 0 aliphatic rings. The van der Waals surface area contributed by atoms with Gasteiger partial charge < -0.3 is 4.98 Å². The molecule has 0 unspecified atom stereocenters. The Morgan fingerprint density at radius 3 is 2.48 bits per heavy atom. The van der Waals surface area contributed by atoms with Gasteiger partial charge in [-0.15, -0.1) is 0 Å². The van der Waals surface area contributed by atoms with Crippen LogP contribution in [0.5, 0.6) is 0 Å². The predicted octanol–water partition coefficient (Wildman–Crippen LogP) is 5.64. The number of nitrogens with one attached hydrogen (secondary N) is 1. The molecule has 2 heterocycles. The van der Waals surface area contributed by atoms with Gasteiger partial charge in [-0.1, -0.05) is 72.8 Å². The Bertz CT molecular complexity index is 1510. The molecule has 0 bridgehead atoms. The third-order valence-electron chi connectivity index (χ3n) is 5.31. The van der Waals surface area contributed by atoms with Crippen molar-refractivity contribution in [3.05, 3.63) is 119 Å². The van der Waals surface area contributed by atoms with E-state index >= 15 is 0 Å². The van der Waals surface area contributed by atoms with E-state index in [1.54, 1.807) is 12.3 Å². The molecule has 0 fully saturated rings. The van der Waals surface area contributed by atoms with Gasteiger partial charge in [0.1, 0.15) is 0 Å². The first-order valence-corrected chi connectivity index (χ1v) is 9.99. The molecule has 4 nitrogen and oxygen atoms in total. The summed E-state index contributed by atoms with van der Waals surface area (Å²) in [6, 6.07) is 26.7. The van der Waals surface area contributed by atoms with Crippen molar-refractivity contribution < 1.29 is 4.79 Å². The average molecular weight is 402 g/mol. The first-order chi connectivity index (χ1) is 15.2. The number of hydrogen-bond donors (Lipinski definition) is 1. The average Bonchev–Trinajstić information content (AvgIpc) is 2.82. The summed E-state index contributed by atoms with van der Waals surface area (Å²) in [7, 11) is 0. The number of rotatable bonds is 4. The van der Waals surface area contributed by atoms with E-state index < -0.39 is 5.56 Å². The Morgan fingerprint density at radius 2 is 1.61 bits per heavy atom. The van der Waals surface area contributed by atoms with Crippen LogP contribution in [0.4, 0.5) is 0 Å². The molecule has 0 radical (unpaired) electrons. The van der Waals surface area contributed by atoms with Crippen molar-refractivity contribution in [2.24, 2.45) is 0 Å². The molecule has 4 heteroatoms. The van der Waals surface area contributed by atoms with E-state index in [-0.39, 0.29) is 11.3 Å². The molecule has 31 heavy (non-hydrogen) atoms. The van der Waals surface area contributed by atoms with Gasteiger partial charge in [-0.2, -0.15) is 0 Å². The summed E-state index contributed by atoms with van der Waals surface area (Å²) in [6.07, 6.45) is 4.90. The lowest BCUT2D eigenvalue weighted by Gasteiger charge is -2.11. The summed E-state index contributed by atoms with van der Waals surface area (Å²) < 4.78 is 0. The molecule has 0 amide bonds. The van der Waals surface area contributed by atoms with Gasteiger partial charge in [-0.05, 0) is 29.8 Å². The molecule has 0 aliphatic heterocycles. The van der Waals surface area contributed by atoms with Crippen LogP contribution >= 0.6 is 0 Å². The lowest BCUT2D eigenvalue weighted by molar-refractivity contribution is 0.104. The van der Waals surface area contributed by atoms with Gasteiger partial charge in [0.15, 0.2) is 5.78 Å². The minimum atomic E-state index is -0.400. The summed E-state index contributed by atoms with van der Waals surface area (Å²) in [6.45, 7) is 0. The Hall–Kier alpha value is -4.31. The number of benzene rings is 3. The van der Waals surface area contributed by atoms with Crippen molar-refractivity contribution in [2.75, 3.05) is 0 Å². The number of H-pyrrole nitrogens is 1. The quantitative estimate of drug-likeness (QED) is 0.313. The van der Waals surface area contributed by atoms with E-state index in [2.05, 4.69) is 9.97 Å². The van der Waals surface area contributed by atoms with E-state index in [0.717, 1.165) is 27.4 Å². The zero-order valence-electron chi connectivity index (χ0n) is 16.6. The summed E-state index contributed by atoms with van der Waals surface area (Å²) in [5, 5.41) is 1.82. The highest BCUT2D eigenvalue weighted by Gasteiger charge is 2.19. The van der Waals surface area contributed by atoms with Crippen molar-refractivity contribution in [2.45, 2.75) is 0 Å². The van der Waals surface area contributed by atoms with Crippen LogP contribution in [0, 0.1) is 0 Å². The molecule has 148 valence electrons. The van der Waals surface area contributed by atoms with Crippen LogP contribution < -0.4 is 5.56 Å². The standard InChI is InChI=1S/C27H18N2O2/c30-23(16-15-20-11-6-10-19-12-7-17-28-26(19)20)25-24(18-8-2-1-3-9-18)21-13-4-5-14-22(21)29-27(25)31/h1-17H,(H,29,31)/b16-15-. The van der Waals surface area contributed by atoms with Crippen LogP contribution in [-0.4, -0.2) is 15.8 Å². The minimum Gasteiger partial charge on any atom is -0.321 e. The molecule has 3 aromatic carbocycles. The highest BCUT2D eigenvalue weighted by molar-refractivity contribution is 6.15. The number of aromatic amines is 1. The van der Waals surface area contributed by atoms with Crippen LogP contribution in [-0.2, 0) is 0 Å². The summed E-state index contributed by atoms with van der Waals surface area (Å²) in [4.78, 5) is 33.5. The molecule has 0 saturated heterocycles. The predicted molar refractivity (Wildman–Crippen MR) is 125 cm³/mol. The Labute approximate surface area is 178 Å². The zero-order chi connectivity index (χ0) is 21.2. The highest BCUT2D eigenvalue weighted by atomic mass is 16.1. The number of carbonyl (C=O) groups is 1. The fraction of sp³-hybridized carbons (Fsp3) is 0. The molecule has 1 N–H and O–H groups in total. The van der Waals surface area contributed by atoms with E-state index in [1.807, 2.05) is 84.9 Å². The maximum absolute atomic E-state index is 13.3. The second-order valence-corrected chi connectivity index (χ2v) is 7.24. The molecule has 0 atom stereocenters. The van der Waals surface area contributed by atoms with Crippen LogP contribution in [0.15, 0.2) is 102 Å². The molecular weight excluding hydrogens is 384 g/mol. The summed E-state index contributed by atoms with van der Waals surface area (Å²) in [5.74, 6) is -0.348.